The maximum absolute atomic E-state index is 13.1. The maximum atomic E-state index is 13.1. The first-order valence-corrected chi connectivity index (χ1v) is 9.64. The molecule has 1 unspecified atom stereocenters. The second-order valence-corrected chi connectivity index (χ2v) is 7.20. The Morgan fingerprint density at radius 3 is 2.43 bits per heavy atom. The van der Waals surface area contributed by atoms with Gasteiger partial charge in [-0.1, -0.05) is 30.3 Å². The normalized spacial score (nSPS) is 12.4. The van der Waals surface area contributed by atoms with Gasteiger partial charge in [0.05, 0.1) is 13.2 Å². The Morgan fingerprint density at radius 1 is 1.14 bits per heavy atom. The number of carbonyl (C=O) groups excluding carboxylic acids is 1. The Morgan fingerprint density at radius 2 is 1.82 bits per heavy atom. The van der Waals surface area contributed by atoms with Crippen molar-refractivity contribution in [2.75, 3.05) is 27.7 Å². The highest BCUT2D eigenvalue weighted by Gasteiger charge is 2.21. The summed E-state index contributed by atoms with van der Waals surface area (Å²) < 4.78 is 7.34. The van der Waals surface area contributed by atoms with E-state index in [1.807, 2.05) is 57.4 Å². The Labute approximate surface area is 166 Å². The van der Waals surface area contributed by atoms with Crippen molar-refractivity contribution in [3.8, 4) is 5.75 Å². The number of nitrogens with one attached hydrogen (secondary N) is 1. The van der Waals surface area contributed by atoms with Crippen LogP contribution in [-0.2, 0) is 6.54 Å². The minimum Gasteiger partial charge on any atom is -0.497 e. The number of methoxy groups -OCH3 is 1. The van der Waals surface area contributed by atoms with E-state index in [-0.39, 0.29) is 11.9 Å². The van der Waals surface area contributed by atoms with Crippen molar-refractivity contribution >= 4 is 16.8 Å². The van der Waals surface area contributed by atoms with Gasteiger partial charge in [0.2, 0.25) is 0 Å². The van der Waals surface area contributed by atoms with Crippen molar-refractivity contribution < 1.29 is 9.53 Å². The summed E-state index contributed by atoms with van der Waals surface area (Å²) in [5.41, 5.74) is 4.02. The molecule has 1 amide bonds. The number of amides is 1. The van der Waals surface area contributed by atoms with Gasteiger partial charge in [-0.3, -0.25) is 4.79 Å². The topological polar surface area (TPSA) is 46.5 Å². The molecule has 1 N–H and O–H groups in total. The average Bonchev–Trinajstić information content (AvgIpc) is 3.00. The van der Waals surface area contributed by atoms with Gasteiger partial charge in [0.15, 0.2) is 0 Å². The molecule has 0 aliphatic carbocycles. The molecule has 148 valence electrons. The summed E-state index contributed by atoms with van der Waals surface area (Å²) in [5.74, 6) is 0.796. The molecule has 1 aromatic heterocycles. The molecule has 0 bridgehead atoms. The predicted octanol–water partition coefficient (Wildman–Crippen LogP) is 4.01. The van der Waals surface area contributed by atoms with Crippen LogP contribution in [0.15, 0.2) is 48.5 Å². The highest BCUT2D eigenvalue weighted by Crippen LogP contribution is 2.26. The van der Waals surface area contributed by atoms with Gasteiger partial charge in [0, 0.05) is 24.0 Å². The van der Waals surface area contributed by atoms with Crippen molar-refractivity contribution in [2.24, 2.45) is 0 Å². The summed E-state index contributed by atoms with van der Waals surface area (Å²) in [6.07, 6.45) is 0. The maximum Gasteiger partial charge on any atom is 0.268 e. The van der Waals surface area contributed by atoms with E-state index >= 15 is 0 Å². The van der Waals surface area contributed by atoms with Gasteiger partial charge in [-0.2, -0.15) is 0 Å². The van der Waals surface area contributed by atoms with Crippen LogP contribution >= 0.6 is 0 Å². The molecule has 0 fully saturated rings. The first-order valence-electron chi connectivity index (χ1n) is 9.64. The number of hydrogen-bond donors (Lipinski definition) is 1. The second kappa shape index (κ2) is 8.48. The zero-order valence-corrected chi connectivity index (χ0v) is 17.3. The Balaban J connectivity index is 1.84. The number of aromatic nitrogens is 1. The van der Waals surface area contributed by atoms with E-state index in [4.69, 9.17) is 4.74 Å². The summed E-state index contributed by atoms with van der Waals surface area (Å²) in [7, 11) is 5.71. The van der Waals surface area contributed by atoms with Crippen molar-refractivity contribution in [1.29, 1.82) is 0 Å². The third-order valence-corrected chi connectivity index (χ3v) is 5.34. The van der Waals surface area contributed by atoms with E-state index < -0.39 is 0 Å². The van der Waals surface area contributed by atoms with E-state index in [9.17, 15) is 4.79 Å². The summed E-state index contributed by atoms with van der Waals surface area (Å²) in [6, 6.07) is 16.3. The number of fused-ring (bicyclic) bond motifs is 1. The number of likely N-dealkylation sites (N-methyl/N-ethyl adjacent to an activating group) is 1. The lowest BCUT2D eigenvalue weighted by molar-refractivity contribution is 0.0932. The second-order valence-electron chi connectivity index (χ2n) is 7.20. The number of ether oxygens (including phenoxy) is 1. The molecular formula is C23H29N3O2. The van der Waals surface area contributed by atoms with Crippen LogP contribution in [-0.4, -0.2) is 43.1 Å². The van der Waals surface area contributed by atoms with Crippen molar-refractivity contribution in [3.63, 3.8) is 0 Å². The number of hydrogen-bond acceptors (Lipinski definition) is 3. The van der Waals surface area contributed by atoms with Crippen LogP contribution in [0.1, 0.15) is 34.6 Å². The highest BCUT2D eigenvalue weighted by atomic mass is 16.5. The number of benzene rings is 2. The number of aryl methyl sites for hydroxylation is 2. The molecule has 5 nitrogen and oxygen atoms in total. The highest BCUT2D eigenvalue weighted by molar-refractivity contribution is 6.01. The van der Waals surface area contributed by atoms with Crippen LogP contribution < -0.4 is 10.1 Å². The van der Waals surface area contributed by atoms with Crippen LogP contribution in [0.3, 0.4) is 0 Å². The molecule has 0 saturated carbocycles. The van der Waals surface area contributed by atoms with Crippen LogP contribution in [0.4, 0.5) is 0 Å². The van der Waals surface area contributed by atoms with E-state index in [2.05, 4.69) is 33.8 Å². The third kappa shape index (κ3) is 3.76. The number of carbonyl (C=O) groups is 1. The van der Waals surface area contributed by atoms with Crippen LogP contribution in [0.5, 0.6) is 5.75 Å². The molecule has 0 aliphatic rings. The zero-order chi connectivity index (χ0) is 20.3. The fraction of sp³-hybridized carbons (Fsp3) is 0.348. The predicted molar refractivity (Wildman–Crippen MR) is 114 cm³/mol. The fourth-order valence-electron chi connectivity index (χ4n) is 3.80. The lowest BCUT2D eigenvalue weighted by Gasteiger charge is -2.25. The Bertz CT molecular complexity index is 958. The van der Waals surface area contributed by atoms with Gasteiger partial charge in [-0.05, 0) is 57.3 Å². The molecule has 0 radical (unpaired) electrons. The summed E-state index contributed by atoms with van der Waals surface area (Å²) in [4.78, 5) is 15.2. The minimum atomic E-state index is -0.0316. The fourth-order valence-corrected chi connectivity index (χ4v) is 3.80. The summed E-state index contributed by atoms with van der Waals surface area (Å²) >= 11 is 0. The van der Waals surface area contributed by atoms with Gasteiger partial charge in [0.25, 0.3) is 5.91 Å². The van der Waals surface area contributed by atoms with Gasteiger partial charge >= 0.3 is 0 Å². The van der Waals surface area contributed by atoms with E-state index in [0.29, 0.717) is 6.54 Å². The first kappa shape index (κ1) is 20.0. The summed E-state index contributed by atoms with van der Waals surface area (Å²) in [6.45, 7) is 5.38. The number of para-hydroxylation sites is 1. The molecule has 3 rings (SSSR count). The van der Waals surface area contributed by atoms with Gasteiger partial charge in [0.1, 0.15) is 11.4 Å². The molecule has 0 aliphatic heterocycles. The Hall–Kier alpha value is -2.79. The minimum absolute atomic E-state index is 0.0316. The number of nitrogens with zero attached hydrogens (tertiary/aromatic N) is 2. The molecule has 0 spiro atoms. The Kier molecular flexibility index (Phi) is 6.05. The zero-order valence-electron chi connectivity index (χ0n) is 17.3. The standard InChI is InChI=1S/C23H29N3O2/c1-6-26-20-10-8-7-9-19(20)16(2)22(26)23(27)24-15-21(25(3)4)17-11-13-18(28-5)14-12-17/h7-14,21H,6,15H2,1-5H3,(H,24,27). The molecule has 3 aromatic rings. The molecule has 0 saturated heterocycles. The number of rotatable bonds is 7. The molecule has 1 atom stereocenters. The molecular weight excluding hydrogens is 350 g/mol. The van der Waals surface area contributed by atoms with E-state index in [1.54, 1.807) is 7.11 Å². The molecule has 2 aromatic carbocycles. The van der Waals surface area contributed by atoms with Crippen LogP contribution in [0.2, 0.25) is 0 Å². The largest absolute Gasteiger partial charge is 0.497 e. The lowest BCUT2D eigenvalue weighted by Crippen LogP contribution is -2.35. The van der Waals surface area contributed by atoms with E-state index in [0.717, 1.165) is 40.0 Å². The molecule has 1 heterocycles. The molecule has 5 heteroatoms. The van der Waals surface area contributed by atoms with E-state index in [1.165, 1.54) is 0 Å². The first-order chi connectivity index (χ1) is 13.5. The molecule has 28 heavy (non-hydrogen) atoms. The van der Waals surface area contributed by atoms with Crippen molar-refractivity contribution in [1.82, 2.24) is 14.8 Å². The average molecular weight is 380 g/mol. The van der Waals surface area contributed by atoms with Gasteiger partial charge < -0.3 is 19.5 Å². The van der Waals surface area contributed by atoms with Gasteiger partial charge in [-0.15, -0.1) is 0 Å². The summed E-state index contributed by atoms with van der Waals surface area (Å²) in [5, 5.41) is 4.28. The van der Waals surface area contributed by atoms with Crippen LogP contribution in [0, 0.1) is 6.92 Å². The van der Waals surface area contributed by atoms with Crippen LogP contribution in [0.25, 0.3) is 10.9 Å². The lowest BCUT2D eigenvalue weighted by atomic mass is 10.1. The van der Waals surface area contributed by atoms with Gasteiger partial charge in [-0.25, -0.2) is 0 Å². The smallest absolute Gasteiger partial charge is 0.268 e. The van der Waals surface area contributed by atoms with Crippen molar-refractivity contribution in [3.05, 3.63) is 65.4 Å². The SMILES string of the molecule is CCn1c(C(=O)NCC(c2ccc(OC)cc2)N(C)C)c(C)c2ccccc21. The third-order valence-electron chi connectivity index (χ3n) is 5.34. The van der Waals surface area contributed by atoms with Crippen molar-refractivity contribution in [2.45, 2.75) is 26.4 Å². The monoisotopic (exact) mass is 379 g/mol. The quantitative estimate of drug-likeness (QED) is 0.675.